The largest absolute Gasteiger partial charge is 0.496 e. The monoisotopic (exact) mass is 397 g/mol. The van der Waals surface area contributed by atoms with Crippen molar-refractivity contribution in [3.8, 4) is 17.2 Å². The third kappa shape index (κ3) is 3.36. The lowest BCUT2D eigenvalue weighted by Gasteiger charge is -2.22. The van der Waals surface area contributed by atoms with Gasteiger partial charge in [-0.15, -0.1) is 0 Å². The van der Waals surface area contributed by atoms with E-state index in [1.807, 2.05) is 6.07 Å². The first-order valence-electron chi connectivity index (χ1n) is 9.59. The number of benzene rings is 2. The van der Waals surface area contributed by atoms with Crippen molar-refractivity contribution in [2.24, 2.45) is 0 Å². The van der Waals surface area contributed by atoms with Gasteiger partial charge in [-0.05, 0) is 24.6 Å². The molecule has 2 aliphatic heterocycles. The van der Waals surface area contributed by atoms with Crippen LogP contribution in [-0.4, -0.2) is 50.0 Å². The van der Waals surface area contributed by atoms with Gasteiger partial charge in [-0.2, -0.15) is 0 Å². The number of rotatable bonds is 4. The highest BCUT2D eigenvalue weighted by molar-refractivity contribution is 7.22. The highest BCUT2D eigenvalue weighted by Crippen LogP contribution is 2.38. The minimum absolute atomic E-state index is 0.281. The molecule has 0 atom stereocenters. The van der Waals surface area contributed by atoms with E-state index < -0.39 is 0 Å². The summed E-state index contributed by atoms with van der Waals surface area (Å²) in [4.78, 5) is 9.73. The van der Waals surface area contributed by atoms with Crippen LogP contribution in [0.5, 0.6) is 17.2 Å². The molecule has 0 spiro atoms. The van der Waals surface area contributed by atoms with Crippen molar-refractivity contribution in [3.05, 3.63) is 42.0 Å². The number of para-hydroxylation sites is 1. The Morgan fingerprint density at radius 2 is 1.93 bits per heavy atom. The van der Waals surface area contributed by atoms with E-state index in [0.29, 0.717) is 0 Å². The molecule has 1 saturated heterocycles. The Labute approximate surface area is 168 Å². The zero-order valence-electron chi connectivity index (χ0n) is 15.9. The molecule has 6 nitrogen and oxygen atoms in total. The Morgan fingerprint density at radius 1 is 1.07 bits per heavy atom. The van der Waals surface area contributed by atoms with Gasteiger partial charge in [0.05, 0.1) is 17.3 Å². The van der Waals surface area contributed by atoms with E-state index in [1.54, 1.807) is 18.4 Å². The van der Waals surface area contributed by atoms with Crippen molar-refractivity contribution in [1.82, 2.24) is 9.88 Å². The normalized spacial score (nSPS) is 17.1. The Kier molecular flexibility index (Phi) is 4.70. The van der Waals surface area contributed by atoms with Crippen molar-refractivity contribution in [2.75, 3.05) is 45.0 Å². The van der Waals surface area contributed by atoms with Crippen molar-refractivity contribution in [2.45, 2.75) is 13.0 Å². The zero-order valence-corrected chi connectivity index (χ0v) is 16.7. The summed E-state index contributed by atoms with van der Waals surface area (Å²) >= 11 is 1.78. The van der Waals surface area contributed by atoms with Crippen LogP contribution in [0.15, 0.2) is 36.4 Å². The van der Waals surface area contributed by atoms with Crippen LogP contribution in [0.2, 0.25) is 0 Å². The molecular formula is C21H23N3O3S. The maximum absolute atomic E-state index is 5.59. The van der Waals surface area contributed by atoms with Gasteiger partial charge in [-0.3, -0.25) is 4.90 Å². The molecule has 0 N–H and O–H groups in total. The standard InChI is InChI=1S/C21H23N3O3S/c1-25-17-12-19-18(26-14-27-19)11-15(17)13-23-7-4-8-24(10-9-23)21-22-16-5-2-3-6-20(16)28-21/h2-3,5-6,11-12H,4,7-10,13-14H2,1H3. The summed E-state index contributed by atoms with van der Waals surface area (Å²) in [5.41, 5.74) is 2.23. The van der Waals surface area contributed by atoms with Crippen LogP contribution in [0.25, 0.3) is 10.2 Å². The molecule has 0 unspecified atom stereocenters. The van der Waals surface area contributed by atoms with E-state index in [4.69, 9.17) is 19.2 Å². The molecule has 0 aliphatic carbocycles. The third-order valence-electron chi connectivity index (χ3n) is 5.31. The maximum Gasteiger partial charge on any atom is 0.231 e. The van der Waals surface area contributed by atoms with Crippen LogP contribution in [0.4, 0.5) is 5.13 Å². The summed E-state index contributed by atoms with van der Waals surface area (Å²) in [6, 6.07) is 12.3. The van der Waals surface area contributed by atoms with Crippen LogP contribution in [-0.2, 0) is 6.54 Å². The van der Waals surface area contributed by atoms with E-state index in [0.717, 1.165) is 72.6 Å². The number of fused-ring (bicyclic) bond motifs is 2. The lowest BCUT2D eigenvalue weighted by molar-refractivity contribution is 0.173. The molecule has 0 amide bonds. The van der Waals surface area contributed by atoms with Crippen LogP contribution < -0.4 is 19.1 Å². The fraction of sp³-hybridized carbons (Fsp3) is 0.381. The smallest absolute Gasteiger partial charge is 0.231 e. The number of thiazole rings is 1. The third-order valence-corrected chi connectivity index (χ3v) is 6.41. The zero-order chi connectivity index (χ0) is 18.9. The first-order chi connectivity index (χ1) is 13.8. The number of hydrogen-bond acceptors (Lipinski definition) is 7. The summed E-state index contributed by atoms with van der Waals surface area (Å²) in [5, 5.41) is 1.13. The van der Waals surface area contributed by atoms with Gasteiger partial charge >= 0.3 is 0 Å². The number of anilines is 1. The average molecular weight is 398 g/mol. The quantitative estimate of drug-likeness (QED) is 0.668. The van der Waals surface area contributed by atoms with Gasteiger partial charge in [0.2, 0.25) is 6.79 Å². The molecule has 5 rings (SSSR count). The van der Waals surface area contributed by atoms with Crippen molar-refractivity contribution < 1.29 is 14.2 Å². The minimum atomic E-state index is 0.281. The highest BCUT2D eigenvalue weighted by Gasteiger charge is 2.22. The van der Waals surface area contributed by atoms with E-state index in [2.05, 4.69) is 40.1 Å². The summed E-state index contributed by atoms with van der Waals surface area (Å²) in [7, 11) is 1.71. The number of methoxy groups -OCH3 is 1. The molecular weight excluding hydrogens is 374 g/mol. The van der Waals surface area contributed by atoms with Crippen LogP contribution >= 0.6 is 11.3 Å². The molecule has 1 fully saturated rings. The molecule has 3 aromatic rings. The summed E-state index contributed by atoms with van der Waals surface area (Å²) in [6.45, 7) is 5.18. The summed E-state index contributed by atoms with van der Waals surface area (Å²) in [6.07, 6.45) is 1.11. The van der Waals surface area contributed by atoms with Crippen LogP contribution in [0, 0.1) is 0 Å². The predicted molar refractivity (Wildman–Crippen MR) is 111 cm³/mol. The SMILES string of the molecule is COc1cc2c(cc1CN1CCCN(c3nc4ccccc4s3)CC1)OCO2. The number of ether oxygens (including phenoxy) is 3. The Bertz CT molecular complexity index is 957. The lowest BCUT2D eigenvalue weighted by atomic mass is 10.1. The molecule has 0 saturated carbocycles. The number of hydrogen-bond donors (Lipinski definition) is 0. The minimum Gasteiger partial charge on any atom is -0.496 e. The summed E-state index contributed by atoms with van der Waals surface area (Å²) in [5.74, 6) is 2.43. The maximum atomic E-state index is 5.59. The molecule has 28 heavy (non-hydrogen) atoms. The van der Waals surface area contributed by atoms with Gasteiger partial charge in [-0.1, -0.05) is 23.5 Å². The van der Waals surface area contributed by atoms with E-state index in [1.165, 1.54) is 4.70 Å². The van der Waals surface area contributed by atoms with Crippen LogP contribution in [0.3, 0.4) is 0 Å². The highest BCUT2D eigenvalue weighted by atomic mass is 32.1. The molecule has 2 aromatic carbocycles. The molecule has 146 valence electrons. The fourth-order valence-electron chi connectivity index (χ4n) is 3.84. The topological polar surface area (TPSA) is 47.1 Å². The second-order valence-electron chi connectivity index (χ2n) is 7.10. The Balaban J connectivity index is 1.30. The first kappa shape index (κ1) is 17.6. The molecule has 0 bridgehead atoms. The second kappa shape index (κ2) is 7.48. The van der Waals surface area contributed by atoms with Gasteiger partial charge in [0.15, 0.2) is 16.6 Å². The lowest BCUT2D eigenvalue weighted by Crippen LogP contribution is -2.30. The van der Waals surface area contributed by atoms with Gasteiger partial charge in [0, 0.05) is 44.4 Å². The molecule has 7 heteroatoms. The fourth-order valence-corrected chi connectivity index (χ4v) is 4.85. The Hall–Kier alpha value is -2.51. The molecule has 0 radical (unpaired) electrons. The van der Waals surface area contributed by atoms with Gasteiger partial charge in [0.1, 0.15) is 5.75 Å². The van der Waals surface area contributed by atoms with Crippen molar-refractivity contribution >= 4 is 26.7 Å². The van der Waals surface area contributed by atoms with Gasteiger partial charge in [0.25, 0.3) is 0 Å². The van der Waals surface area contributed by atoms with E-state index in [-0.39, 0.29) is 6.79 Å². The second-order valence-corrected chi connectivity index (χ2v) is 8.11. The van der Waals surface area contributed by atoms with Crippen molar-refractivity contribution in [1.29, 1.82) is 0 Å². The van der Waals surface area contributed by atoms with Gasteiger partial charge in [-0.25, -0.2) is 4.98 Å². The molecule has 3 heterocycles. The first-order valence-corrected chi connectivity index (χ1v) is 10.4. The van der Waals surface area contributed by atoms with E-state index >= 15 is 0 Å². The average Bonchev–Trinajstić information content (AvgIpc) is 3.29. The molecule has 2 aliphatic rings. The number of nitrogens with zero attached hydrogens (tertiary/aromatic N) is 3. The predicted octanol–water partition coefficient (Wildman–Crippen LogP) is 3.75. The molecule has 1 aromatic heterocycles. The Morgan fingerprint density at radius 3 is 2.79 bits per heavy atom. The van der Waals surface area contributed by atoms with Crippen LogP contribution in [0.1, 0.15) is 12.0 Å². The summed E-state index contributed by atoms with van der Waals surface area (Å²) < 4.78 is 17.9. The van der Waals surface area contributed by atoms with Gasteiger partial charge < -0.3 is 19.1 Å². The number of aromatic nitrogens is 1. The van der Waals surface area contributed by atoms with Crippen molar-refractivity contribution in [3.63, 3.8) is 0 Å². The van der Waals surface area contributed by atoms with E-state index in [9.17, 15) is 0 Å².